The molecule has 2 aromatic rings. The van der Waals surface area contributed by atoms with Crippen molar-refractivity contribution in [3.8, 4) is 0 Å². The van der Waals surface area contributed by atoms with Gasteiger partial charge in [-0.1, -0.05) is 36.4 Å². The summed E-state index contributed by atoms with van der Waals surface area (Å²) < 4.78 is 24.3. The number of hydrogen-bond acceptors (Lipinski definition) is 3. The Bertz CT molecular complexity index is 615. The summed E-state index contributed by atoms with van der Waals surface area (Å²) in [6.07, 6.45) is 0. The largest absolute Gasteiger partial charge is 0.319 e. The summed E-state index contributed by atoms with van der Waals surface area (Å²) in [5.74, 6) is 0.123. The number of benzene rings is 2. The molecule has 0 atom stereocenters. The van der Waals surface area contributed by atoms with E-state index in [0.29, 0.717) is 11.4 Å². The molecule has 0 unspecified atom stereocenters. The number of sulfone groups is 1. The van der Waals surface area contributed by atoms with Gasteiger partial charge in [0.05, 0.1) is 10.6 Å². The third-order valence-electron chi connectivity index (χ3n) is 2.71. The van der Waals surface area contributed by atoms with Gasteiger partial charge < -0.3 is 5.32 Å². The van der Waals surface area contributed by atoms with Crippen molar-refractivity contribution in [1.29, 1.82) is 0 Å². The Morgan fingerprint density at radius 2 is 1.76 bits per heavy atom. The van der Waals surface area contributed by atoms with Crippen LogP contribution in [0.1, 0.15) is 0 Å². The van der Waals surface area contributed by atoms with Crippen LogP contribution in [0.15, 0.2) is 47.4 Å². The molecule has 2 rings (SSSR count). The fourth-order valence-electron chi connectivity index (χ4n) is 1.81. The van der Waals surface area contributed by atoms with Gasteiger partial charge in [0.2, 0.25) is 0 Å². The quantitative estimate of drug-likeness (QED) is 0.899. The molecule has 0 aliphatic carbocycles. The second kappa shape index (κ2) is 4.85. The number of hydrogen-bond donors (Lipinski definition) is 1. The summed E-state index contributed by atoms with van der Waals surface area (Å²) in [5, 5.41) is 4.62. The average molecular weight is 249 g/mol. The van der Waals surface area contributed by atoms with Crippen LogP contribution in [-0.4, -0.2) is 27.8 Å². The zero-order valence-corrected chi connectivity index (χ0v) is 10.5. The van der Waals surface area contributed by atoms with E-state index in [9.17, 15) is 8.42 Å². The highest BCUT2D eigenvalue weighted by Gasteiger charge is 2.16. The molecule has 90 valence electrons. The third kappa shape index (κ3) is 2.48. The molecule has 0 fully saturated rings. The Balaban J connectivity index is 2.55. The molecule has 0 aliphatic rings. The lowest BCUT2D eigenvalue weighted by atomic mass is 10.1. The highest BCUT2D eigenvalue weighted by Crippen LogP contribution is 2.23. The van der Waals surface area contributed by atoms with Gasteiger partial charge in [0.25, 0.3) is 0 Å². The van der Waals surface area contributed by atoms with Gasteiger partial charge in [-0.05, 0) is 18.5 Å². The maximum atomic E-state index is 12.2. The lowest BCUT2D eigenvalue weighted by Crippen LogP contribution is -2.19. The van der Waals surface area contributed by atoms with Gasteiger partial charge in [-0.3, -0.25) is 0 Å². The van der Waals surface area contributed by atoms with Gasteiger partial charge in [-0.15, -0.1) is 0 Å². The SMILES string of the molecule is CNCCS(=O)(=O)c1cccc2ccccc12. The van der Waals surface area contributed by atoms with E-state index in [2.05, 4.69) is 5.32 Å². The van der Waals surface area contributed by atoms with Gasteiger partial charge in [0.15, 0.2) is 9.84 Å². The Hall–Kier alpha value is -1.39. The minimum atomic E-state index is -3.21. The van der Waals surface area contributed by atoms with E-state index < -0.39 is 9.84 Å². The molecule has 0 saturated carbocycles. The fraction of sp³-hybridized carbons (Fsp3) is 0.231. The lowest BCUT2D eigenvalue weighted by molar-refractivity contribution is 0.594. The van der Waals surface area contributed by atoms with Crippen molar-refractivity contribution in [3.05, 3.63) is 42.5 Å². The molecular weight excluding hydrogens is 234 g/mol. The molecule has 17 heavy (non-hydrogen) atoms. The van der Waals surface area contributed by atoms with Gasteiger partial charge in [0.1, 0.15) is 0 Å². The second-order valence-corrected chi connectivity index (χ2v) is 5.98. The average Bonchev–Trinajstić information content (AvgIpc) is 2.36. The first kappa shape index (κ1) is 12.1. The van der Waals surface area contributed by atoms with Crippen molar-refractivity contribution in [2.75, 3.05) is 19.3 Å². The van der Waals surface area contributed by atoms with E-state index in [1.807, 2.05) is 30.3 Å². The molecule has 2 aromatic carbocycles. The molecule has 3 nitrogen and oxygen atoms in total. The van der Waals surface area contributed by atoms with Crippen LogP contribution in [0.4, 0.5) is 0 Å². The van der Waals surface area contributed by atoms with Gasteiger partial charge in [0, 0.05) is 11.9 Å². The van der Waals surface area contributed by atoms with Crippen LogP contribution >= 0.6 is 0 Å². The normalized spacial score (nSPS) is 11.8. The zero-order valence-electron chi connectivity index (χ0n) is 9.68. The lowest BCUT2D eigenvalue weighted by Gasteiger charge is -2.07. The van der Waals surface area contributed by atoms with E-state index in [-0.39, 0.29) is 5.75 Å². The number of rotatable bonds is 4. The van der Waals surface area contributed by atoms with Crippen molar-refractivity contribution in [1.82, 2.24) is 5.32 Å². The predicted octanol–water partition coefficient (Wildman–Crippen LogP) is 1.83. The van der Waals surface area contributed by atoms with Gasteiger partial charge >= 0.3 is 0 Å². The number of fused-ring (bicyclic) bond motifs is 1. The Kier molecular flexibility index (Phi) is 3.45. The minimum absolute atomic E-state index is 0.123. The maximum Gasteiger partial charge on any atom is 0.180 e. The minimum Gasteiger partial charge on any atom is -0.319 e. The van der Waals surface area contributed by atoms with Crippen LogP contribution in [0.3, 0.4) is 0 Å². The van der Waals surface area contributed by atoms with Crippen LogP contribution in [0, 0.1) is 0 Å². The monoisotopic (exact) mass is 249 g/mol. The van der Waals surface area contributed by atoms with Crippen LogP contribution in [0.2, 0.25) is 0 Å². The molecule has 0 spiro atoms. The summed E-state index contributed by atoms with van der Waals surface area (Å²) in [5.41, 5.74) is 0. The Morgan fingerprint density at radius 3 is 2.53 bits per heavy atom. The maximum absolute atomic E-state index is 12.2. The highest BCUT2D eigenvalue weighted by atomic mass is 32.2. The standard InChI is InChI=1S/C13H15NO2S/c1-14-9-10-17(15,16)13-8-4-6-11-5-2-3-7-12(11)13/h2-8,14H,9-10H2,1H3. The van der Waals surface area contributed by atoms with Crippen LogP contribution in [0.5, 0.6) is 0 Å². The number of nitrogens with one attached hydrogen (secondary N) is 1. The molecule has 0 bridgehead atoms. The van der Waals surface area contributed by atoms with Crippen molar-refractivity contribution in [2.24, 2.45) is 0 Å². The van der Waals surface area contributed by atoms with E-state index in [0.717, 1.165) is 10.8 Å². The highest BCUT2D eigenvalue weighted by molar-refractivity contribution is 7.91. The Labute approximate surface area is 101 Å². The van der Waals surface area contributed by atoms with Crippen molar-refractivity contribution < 1.29 is 8.42 Å². The summed E-state index contributed by atoms with van der Waals surface area (Å²) >= 11 is 0. The van der Waals surface area contributed by atoms with Crippen molar-refractivity contribution >= 4 is 20.6 Å². The van der Waals surface area contributed by atoms with Crippen molar-refractivity contribution in [2.45, 2.75) is 4.90 Å². The zero-order chi connectivity index (χ0) is 12.3. The smallest absolute Gasteiger partial charge is 0.180 e. The molecule has 0 aliphatic heterocycles. The third-order valence-corrected chi connectivity index (χ3v) is 4.47. The van der Waals surface area contributed by atoms with E-state index in [4.69, 9.17) is 0 Å². The topological polar surface area (TPSA) is 46.2 Å². The molecule has 0 aromatic heterocycles. The summed E-state index contributed by atoms with van der Waals surface area (Å²) in [6, 6.07) is 12.9. The molecule has 0 amide bonds. The van der Waals surface area contributed by atoms with Crippen LogP contribution in [0.25, 0.3) is 10.8 Å². The van der Waals surface area contributed by atoms with E-state index in [1.54, 1.807) is 19.2 Å². The molecule has 0 heterocycles. The summed E-state index contributed by atoms with van der Waals surface area (Å²) in [6.45, 7) is 0.464. The molecule has 1 N–H and O–H groups in total. The van der Waals surface area contributed by atoms with Gasteiger partial charge in [-0.25, -0.2) is 8.42 Å². The molecule has 0 saturated heterocycles. The van der Waals surface area contributed by atoms with Crippen LogP contribution < -0.4 is 5.32 Å². The second-order valence-electron chi connectivity index (χ2n) is 3.90. The van der Waals surface area contributed by atoms with Crippen LogP contribution in [-0.2, 0) is 9.84 Å². The first-order valence-electron chi connectivity index (χ1n) is 5.50. The molecule has 4 heteroatoms. The first-order valence-corrected chi connectivity index (χ1v) is 7.15. The van der Waals surface area contributed by atoms with E-state index in [1.165, 1.54) is 0 Å². The summed E-state index contributed by atoms with van der Waals surface area (Å²) in [7, 11) is -1.46. The molecular formula is C13H15NO2S. The predicted molar refractivity (Wildman–Crippen MR) is 69.9 cm³/mol. The summed E-state index contributed by atoms with van der Waals surface area (Å²) in [4.78, 5) is 0.422. The first-order chi connectivity index (χ1) is 8.15. The van der Waals surface area contributed by atoms with Gasteiger partial charge in [-0.2, -0.15) is 0 Å². The van der Waals surface area contributed by atoms with E-state index >= 15 is 0 Å². The van der Waals surface area contributed by atoms with Crippen molar-refractivity contribution in [3.63, 3.8) is 0 Å². The molecule has 0 radical (unpaired) electrons. The fourth-order valence-corrected chi connectivity index (χ4v) is 3.31. The Morgan fingerprint density at radius 1 is 1.06 bits per heavy atom.